The first kappa shape index (κ1) is 24.5. The zero-order chi connectivity index (χ0) is 24.2. The van der Waals surface area contributed by atoms with Crippen LogP contribution in [0.3, 0.4) is 0 Å². The highest BCUT2D eigenvalue weighted by Gasteiger charge is 2.22. The van der Waals surface area contributed by atoms with E-state index in [0.29, 0.717) is 0 Å². The Bertz CT molecular complexity index is 1250. The lowest BCUT2D eigenvalue weighted by atomic mass is 10.2. The van der Waals surface area contributed by atoms with Gasteiger partial charge in [-0.15, -0.1) is 11.3 Å². The normalized spacial score (nSPS) is 11.0. The topological polar surface area (TPSA) is 64.1 Å². The number of benzene rings is 2. The largest absolute Gasteiger partial charge is 0.444 e. The monoisotopic (exact) mass is 489 g/mol. The third-order valence-corrected chi connectivity index (χ3v) is 5.51. The summed E-state index contributed by atoms with van der Waals surface area (Å²) in [6.45, 7) is 7.22. The summed E-state index contributed by atoms with van der Waals surface area (Å²) in [5, 5.41) is 2.80. The summed E-state index contributed by atoms with van der Waals surface area (Å²) in [6, 6.07) is 14.5. The lowest BCUT2D eigenvalue weighted by Crippen LogP contribution is -2.27. The van der Waals surface area contributed by atoms with Crippen LogP contribution in [0.4, 0.5) is 19.4 Å². The minimum absolute atomic E-state index is 0.0367. The first-order chi connectivity index (χ1) is 15.5. The molecule has 0 bridgehead atoms. The number of ether oxygens (including phenoxy) is 1. The minimum Gasteiger partial charge on any atom is -0.444 e. The number of aromatic nitrogens is 2. The van der Waals surface area contributed by atoms with Gasteiger partial charge in [0.15, 0.2) is 11.6 Å². The van der Waals surface area contributed by atoms with Crippen LogP contribution in [0.25, 0.3) is 20.8 Å². The third kappa shape index (κ3) is 6.46. The van der Waals surface area contributed by atoms with Crippen molar-refractivity contribution in [3.8, 4) is 10.6 Å². The van der Waals surface area contributed by atoms with Crippen molar-refractivity contribution in [3.05, 3.63) is 76.9 Å². The summed E-state index contributed by atoms with van der Waals surface area (Å²) in [6.07, 6.45) is 0.193. The van der Waals surface area contributed by atoms with Crippen LogP contribution < -0.4 is 5.32 Å². The predicted octanol–water partition coefficient (Wildman–Crippen LogP) is 7.63. The van der Waals surface area contributed by atoms with Gasteiger partial charge in [-0.1, -0.05) is 53.6 Å². The van der Waals surface area contributed by atoms with E-state index in [9.17, 15) is 13.6 Å². The third-order valence-electron chi connectivity index (χ3n) is 4.11. The van der Waals surface area contributed by atoms with Gasteiger partial charge in [0, 0.05) is 0 Å². The number of nitrogens with one attached hydrogen (secondary N) is 1. The molecular weight excluding hydrogens is 468 g/mol. The molecule has 0 saturated heterocycles. The van der Waals surface area contributed by atoms with Gasteiger partial charge in [-0.05, 0) is 39.8 Å². The number of hydrogen-bond donors (Lipinski definition) is 1. The number of nitrogens with zero attached hydrogens (tertiary/aromatic N) is 2. The van der Waals surface area contributed by atoms with E-state index in [1.54, 1.807) is 20.8 Å². The van der Waals surface area contributed by atoms with Gasteiger partial charge in [0.25, 0.3) is 0 Å². The van der Waals surface area contributed by atoms with E-state index in [4.69, 9.17) is 16.3 Å². The Kier molecular flexibility index (Phi) is 7.61. The fourth-order valence-corrected chi connectivity index (χ4v) is 4.10. The lowest BCUT2D eigenvalue weighted by Gasteiger charge is -2.19. The molecule has 0 saturated carbocycles. The molecule has 1 amide bonds. The number of carbonyl (C=O) groups excluding carboxylic acids is 1. The highest BCUT2D eigenvalue weighted by Crippen LogP contribution is 2.38. The van der Waals surface area contributed by atoms with Crippen LogP contribution in [0, 0.1) is 18.6 Å². The van der Waals surface area contributed by atoms with Crippen molar-refractivity contribution in [1.29, 1.82) is 0 Å². The van der Waals surface area contributed by atoms with Crippen molar-refractivity contribution in [1.82, 2.24) is 9.97 Å². The van der Waals surface area contributed by atoms with Gasteiger partial charge < -0.3 is 4.74 Å². The molecule has 9 heteroatoms. The molecule has 2 heterocycles. The second kappa shape index (κ2) is 10.2. The number of pyridine rings is 1. The highest BCUT2D eigenvalue weighted by molar-refractivity contribution is 7.22. The van der Waals surface area contributed by atoms with Crippen LogP contribution in [0.1, 0.15) is 26.3 Å². The molecule has 0 atom stereocenters. The Morgan fingerprint density at radius 2 is 1.76 bits per heavy atom. The molecule has 172 valence electrons. The zero-order valence-corrected chi connectivity index (χ0v) is 20.0. The summed E-state index contributed by atoms with van der Waals surface area (Å²) in [5.41, 5.74) is 0.647. The molecule has 0 aliphatic heterocycles. The van der Waals surface area contributed by atoms with E-state index in [2.05, 4.69) is 34.3 Å². The molecule has 33 heavy (non-hydrogen) atoms. The SMILES string of the molecule is CC(C)(C)OC(=O)Nc1ncc(F)c2nc(-c3c(F)cccc3Cl)sc12.Cc1ccccc1. The molecule has 0 spiro atoms. The number of carbonyl (C=O) groups is 1. The fourth-order valence-electron chi connectivity index (χ4n) is 2.72. The Balaban J connectivity index is 0.000000374. The van der Waals surface area contributed by atoms with Crippen LogP contribution in [0.2, 0.25) is 5.02 Å². The summed E-state index contributed by atoms with van der Waals surface area (Å²) < 4.78 is 33.7. The van der Waals surface area contributed by atoms with Gasteiger partial charge in [-0.3, -0.25) is 5.32 Å². The van der Waals surface area contributed by atoms with Crippen molar-refractivity contribution in [2.24, 2.45) is 0 Å². The van der Waals surface area contributed by atoms with E-state index < -0.39 is 23.3 Å². The molecule has 5 nitrogen and oxygen atoms in total. The Morgan fingerprint density at radius 1 is 1.06 bits per heavy atom. The van der Waals surface area contributed by atoms with Gasteiger partial charge in [0.1, 0.15) is 26.6 Å². The van der Waals surface area contributed by atoms with Crippen LogP contribution in [-0.4, -0.2) is 21.7 Å². The maximum atomic E-state index is 14.1. The van der Waals surface area contributed by atoms with E-state index in [1.165, 1.54) is 23.8 Å². The first-order valence-electron chi connectivity index (χ1n) is 9.96. The maximum Gasteiger partial charge on any atom is 0.413 e. The van der Waals surface area contributed by atoms with Crippen LogP contribution in [0.5, 0.6) is 0 Å². The second-order valence-electron chi connectivity index (χ2n) is 8.03. The number of rotatable bonds is 2. The van der Waals surface area contributed by atoms with Crippen molar-refractivity contribution in [2.45, 2.75) is 33.3 Å². The first-order valence-corrected chi connectivity index (χ1v) is 11.2. The molecule has 4 aromatic rings. The Morgan fingerprint density at radius 3 is 2.33 bits per heavy atom. The van der Waals surface area contributed by atoms with E-state index in [-0.39, 0.29) is 31.6 Å². The predicted molar refractivity (Wildman–Crippen MR) is 129 cm³/mol. The van der Waals surface area contributed by atoms with Crippen LogP contribution >= 0.6 is 22.9 Å². The van der Waals surface area contributed by atoms with Gasteiger partial charge in [-0.25, -0.2) is 23.5 Å². The maximum absolute atomic E-state index is 14.1. The molecular formula is C24H22ClF2N3O2S. The molecule has 0 aliphatic rings. The fraction of sp³-hybridized carbons (Fsp3) is 0.208. The molecule has 0 unspecified atom stereocenters. The summed E-state index contributed by atoms with van der Waals surface area (Å²) in [4.78, 5) is 20.0. The molecule has 0 aliphatic carbocycles. The van der Waals surface area contributed by atoms with Crippen LogP contribution in [0.15, 0.2) is 54.7 Å². The molecule has 2 aromatic carbocycles. The highest BCUT2D eigenvalue weighted by atomic mass is 35.5. The number of fused-ring (bicyclic) bond motifs is 1. The average molecular weight is 490 g/mol. The molecule has 4 rings (SSSR count). The number of thiazole rings is 1. The Hall–Kier alpha value is -3.10. The summed E-state index contributed by atoms with van der Waals surface area (Å²) >= 11 is 7.03. The number of halogens is 3. The zero-order valence-electron chi connectivity index (χ0n) is 18.4. The van der Waals surface area contributed by atoms with Crippen molar-refractivity contribution < 1.29 is 18.3 Å². The van der Waals surface area contributed by atoms with Crippen molar-refractivity contribution >= 4 is 45.1 Å². The molecule has 2 aromatic heterocycles. The summed E-state index contributed by atoms with van der Waals surface area (Å²) in [5.74, 6) is -1.19. The van der Waals surface area contributed by atoms with Gasteiger partial charge in [0.2, 0.25) is 0 Å². The summed E-state index contributed by atoms with van der Waals surface area (Å²) in [7, 11) is 0. The van der Waals surface area contributed by atoms with Crippen molar-refractivity contribution in [2.75, 3.05) is 5.32 Å². The number of amides is 1. The number of aryl methyl sites for hydroxylation is 1. The number of hydrogen-bond acceptors (Lipinski definition) is 5. The lowest BCUT2D eigenvalue weighted by molar-refractivity contribution is 0.0635. The average Bonchev–Trinajstić information content (AvgIpc) is 3.16. The smallest absolute Gasteiger partial charge is 0.413 e. The molecule has 0 radical (unpaired) electrons. The minimum atomic E-state index is -0.739. The van der Waals surface area contributed by atoms with E-state index in [1.807, 2.05) is 18.2 Å². The van der Waals surface area contributed by atoms with Gasteiger partial charge in [0.05, 0.1) is 16.8 Å². The van der Waals surface area contributed by atoms with Crippen molar-refractivity contribution in [3.63, 3.8) is 0 Å². The second-order valence-corrected chi connectivity index (χ2v) is 9.44. The standard InChI is InChI=1S/C17H14ClF2N3O2S.C7H8/c1-17(2,3)25-16(24)23-14-13-12(10(20)7-21-14)22-15(26-13)11-8(18)5-4-6-9(11)19;1-7-5-3-2-4-6-7/h4-7H,1-3H3,(H,21,23,24);2-6H,1H3. The van der Waals surface area contributed by atoms with E-state index in [0.717, 1.165) is 17.5 Å². The van der Waals surface area contributed by atoms with E-state index >= 15 is 0 Å². The number of anilines is 1. The molecule has 1 N–H and O–H groups in total. The Labute approximate surface area is 199 Å². The van der Waals surface area contributed by atoms with Crippen LogP contribution in [-0.2, 0) is 4.74 Å². The van der Waals surface area contributed by atoms with Gasteiger partial charge >= 0.3 is 6.09 Å². The molecule has 0 fully saturated rings. The van der Waals surface area contributed by atoms with Gasteiger partial charge in [-0.2, -0.15) is 0 Å². The quantitative estimate of drug-likeness (QED) is 0.314.